The number of aromatic nitrogens is 1. The first kappa shape index (κ1) is 12.5. The summed E-state index contributed by atoms with van der Waals surface area (Å²) >= 11 is 2.48. The smallest absolute Gasteiger partial charge is 0.252 e. The van der Waals surface area contributed by atoms with Crippen molar-refractivity contribution in [3.63, 3.8) is 0 Å². The molecule has 2 heterocycles. The molecule has 0 aromatic carbocycles. The van der Waals surface area contributed by atoms with Gasteiger partial charge in [0.25, 0.3) is 10.0 Å². The molecule has 3 N–H and O–H groups in total. The van der Waals surface area contributed by atoms with Gasteiger partial charge in [0.1, 0.15) is 0 Å². The molecule has 0 saturated heterocycles. The number of nitrogens with two attached hydrogens (primary N) is 1. The second-order valence-electron chi connectivity index (χ2n) is 3.33. The maximum absolute atomic E-state index is 12.0. The quantitative estimate of drug-likeness (QED) is 0.894. The lowest BCUT2D eigenvalue weighted by Gasteiger charge is -2.03. The average molecular weight is 289 g/mol. The molecule has 0 atom stereocenters. The number of nitrogens with one attached hydrogen (secondary N) is 1. The summed E-state index contributed by atoms with van der Waals surface area (Å²) in [5.41, 5.74) is 5.92. The minimum absolute atomic E-state index is 0.187. The SMILES string of the molecule is Cc1nc(N)sc1S(=O)(=O)NCc1cccs1. The third kappa shape index (κ3) is 2.83. The Balaban J connectivity index is 2.17. The zero-order valence-electron chi connectivity index (χ0n) is 9.00. The second kappa shape index (κ2) is 4.73. The second-order valence-corrected chi connectivity index (χ2v) is 7.35. The number of nitrogen functional groups attached to an aromatic ring is 1. The van der Waals surface area contributed by atoms with E-state index in [1.54, 1.807) is 6.92 Å². The number of rotatable bonds is 4. The number of nitrogens with zero attached hydrogens (tertiary/aromatic N) is 1. The van der Waals surface area contributed by atoms with E-state index in [4.69, 9.17) is 5.73 Å². The Morgan fingerprint density at radius 2 is 2.29 bits per heavy atom. The summed E-state index contributed by atoms with van der Waals surface area (Å²) in [6.45, 7) is 1.92. The first-order valence-electron chi connectivity index (χ1n) is 4.74. The number of aryl methyl sites for hydroxylation is 1. The summed E-state index contributed by atoms with van der Waals surface area (Å²) in [5.74, 6) is 0. The molecule has 0 bridgehead atoms. The van der Waals surface area contributed by atoms with Crippen LogP contribution in [0.5, 0.6) is 0 Å². The number of hydrogen-bond donors (Lipinski definition) is 2. The number of sulfonamides is 1. The highest BCUT2D eigenvalue weighted by Crippen LogP contribution is 2.24. The Morgan fingerprint density at radius 3 is 2.82 bits per heavy atom. The predicted molar refractivity (Wildman–Crippen MR) is 69.6 cm³/mol. The van der Waals surface area contributed by atoms with Gasteiger partial charge in [-0.2, -0.15) is 0 Å². The van der Waals surface area contributed by atoms with Gasteiger partial charge in [0.05, 0.1) is 5.69 Å². The van der Waals surface area contributed by atoms with Crippen LogP contribution in [0.4, 0.5) is 5.13 Å². The van der Waals surface area contributed by atoms with Gasteiger partial charge in [0, 0.05) is 11.4 Å². The first-order valence-corrected chi connectivity index (χ1v) is 7.92. The summed E-state index contributed by atoms with van der Waals surface area (Å²) in [4.78, 5) is 4.86. The van der Waals surface area contributed by atoms with E-state index in [0.29, 0.717) is 5.69 Å². The van der Waals surface area contributed by atoms with Crippen LogP contribution in [0.1, 0.15) is 10.6 Å². The topological polar surface area (TPSA) is 85.1 Å². The largest absolute Gasteiger partial charge is 0.375 e. The van der Waals surface area contributed by atoms with E-state index in [1.165, 1.54) is 11.3 Å². The average Bonchev–Trinajstić information content (AvgIpc) is 2.85. The van der Waals surface area contributed by atoms with Crippen LogP contribution in [0.3, 0.4) is 0 Å². The van der Waals surface area contributed by atoms with Gasteiger partial charge < -0.3 is 5.73 Å². The fraction of sp³-hybridized carbons (Fsp3) is 0.222. The Bertz CT molecular complexity index is 601. The van der Waals surface area contributed by atoms with Crippen LogP contribution < -0.4 is 10.5 Å². The highest BCUT2D eigenvalue weighted by molar-refractivity contribution is 7.91. The molecule has 0 saturated carbocycles. The zero-order valence-corrected chi connectivity index (χ0v) is 11.5. The molecule has 0 aliphatic rings. The van der Waals surface area contributed by atoms with Crippen LogP contribution in [0.25, 0.3) is 0 Å². The molecule has 17 heavy (non-hydrogen) atoms. The molecule has 2 rings (SSSR count). The molecular formula is C9H11N3O2S3. The summed E-state index contributed by atoms with van der Waals surface area (Å²) in [6, 6.07) is 3.76. The number of thiophene rings is 1. The van der Waals surface area contributed by atoms with E-state index >= 15 is 0 Å². The van der Waals surface area contributed by atoms with Crippen LogP contribution >= 0.6 is 22.7 Å². The third-order valence-electron chi connectivity index (χ3n) is 2.03. The van der Waals surface area contributed by atoms with Gasteiger partial charge in [0.2, 0.25) is 0 Å². The molecule has 0 aliphatic heterocycles. The van der Waals surface area contributed by atoms with Crippen molar-refractivity contribution < 1.29 is 8.42 Å². The van der Waals surface area contributed by atoms with Crippen LogP contribution in [-0.2, 0) is 16.6 Å². The molecule has 2 aromatic rings. The van der Waals surface area contributed by atoms with Crippen molar-refractivity contribution >= 4 is 37.8 Å². The Kier molecular flexibility index (Phi) is 3.48. The lowest BCUT2D eigenvalue weighted by atomic mass is 10.5. The van der Waals surface area contributed by atoms with Gasteiger partial charge in [-0.1, -0.05) is 17.4 Å². The van der Waals surface area contributed by atoms with E-state index in [2.05, 4.69) is 9.71 Å². The van der Waals surface area contributed by atoms with Gasteiger partial charge in [-0.05, 0) is 18.4 Å². The minimum atomic E-state index is -3.51. The van der Waals surface area contributed by atoms with E-state index in [9.17, 15) is 8.42 Å². The van der Waals surface area contributed by atoms with Gasteiger partial charge in [0.15, 0.2) is 9.34 Å². The number of hydrogen-bond acceptors (Lipinski definition) is 6. The Labute approximate surface area is 107 Å². The van der Waals surface area contributed by atoms with E-state index in [1.807, 2.05) is 17.5 Å². The fourth-order valence-corrected chi connectivity index (χ4v) is 4.38. The molecule has 0 aliphatic carbocycles. The highest BCUT2D eigenvalue weighted by atomic mass is 32.2. The summed E-state index contributed by atoms with van der Waals surface area (Å²) in [7, 11) is -3.51. The Hall–Kier alpha value is -0.960. The van der Waals surface area contributed by atoms with Crippen LogP contribution in [0, 0.1) is 6.92 Å². The molecule has 8 heteroatoms. The van der Waals surface area contributed by atoms with E-state index < -0.39 is 10.0 Å². The van der Waals surface area contributed by atoms with E-state index in [0.717, 1.165) is 16.2 Å². The van der Waals surface area contributed by atoms with Crippen LogP contribution in [0.2, 0.25) is 0 Å². The molecule has 5 nitrogen and oxygen atoms in total. The number of anilines is 1. The molecule has 0 spiro atoms. The maximum Gasteiger partial charge on any atom is 0.252 e. The van der Waals surface area contributed by atoms with Crippen molar-refractivity contribution in [2.24, 2.45) is 0 Å². The molecule has 0 amide bonds. The normalized spacial score (nSPS) is 11.8. The molecule has 0 radical (unpaired) electrons. The maximum atomic E-state index is 12.0. The van der Waals surface area contributed by atoms with Crippen molar-refractivity contribution in [3.8, 4) is 0 Å². The fourth-order valence-electron chi connectivity index (χ4n) is 1.30. The lowest BCUT2D eigenvalue weighted by Crippen LogP contribution is -2.22. The van der Waals surface area contributed by atoms with Crippen molar-refractivity contribution in [3.05, 3.63) is 28.1 Å². The highest BCUT2D eigenvalue weighted by Gasteiger charge is 2.20. The molecular weight excluding hydrogens is 278 g/mol. The molecule has 0 fully saturated rings. The molecule has 2 aromatic heterocycles. The van der Waals surface area contributed by atoms with Crippen LogP contribution in [-0.4, -0.2) is 13.4 Å². The van der Waals surface area contributed by atoms with Gasteiger partial charge in [-0.25, -0.2) is 18.1 Å². The van der Waals surface area contributed by atoms with Crippen molar-refractivity contribution in [1.29, 1.82) is 0 Å². The standard InChI is InChI=1S/C9H11N3O2S3/c1-6-8(16-9(10)12-6)17(13,14)11-5-7-3-2-4-15-7/h2-4,11H,5H2,1H3,(H2,10,12). The summed E-state index contributed by atoms with van der Waals surface area (Å²) in [5, 5.41) is 2.17. The molecule has 92 valence electrons. The minimum Gasteiger partial charge on any atom is -0.375 e. The van der Waals surface area contributed by atoms with Crippen LogP contribution in [0.15, 0.2) is 21.7 Å². The van der Waals surface area contributed by atoms with E-state index in [-0.39, 0.29) is 15.9 Å². The van der Waals surface area contributed by atoms with Gasteiger partial charge in [-0.15, -0.1) is 11.3 Å². The monoisotopic (exact) mass is 289 g/mol. The summed E-state index contributed by atoms with van der Waals surface area (Å²) < 4.78 is 26.7. The van der Waals surface area contributed by atoms with Gasteiger partial charge in [-0.3, -0.25) is 0 Å². The van der Waals surface area contributed by atoms with Crippen molar-refractivity contribution in [2.45, 2.75) is 17.7 Å². The Morgan fingerprint density at radius 1 is 1.53 bits per heavy atom. The molecule has 0 unspecified atom stereocenters. The predicted octanol–water partition coefficient (Wildman–Crippen LogP) is 1.57. The van der Waals surface area contributed by atoms with Crippen molar-refractivity contribution in [2.75, 3.05) is 5.73 Å². The first-order chi connectivity index (χ1) is 7.99. The van der Waals surface area contributed by atoms with Crippen molar-refractivity contribution in [1.82, 2.24) is 9.71 Å². The zero-order chi connectivity index (χ0) is 12.5. The summed E-state index contributed by atoms with van der Waals surface area (Å²) in [6.07, 6.45) is 0. The third-order valence-corrected chi connectivity index (χ3v) is 5.90. The number of thiazole rings is 1. The lowest BCUT2D eigenvalue weighted by molar-refractivity contribution is 0.583. The van der Waals surface area contributed by atoms with Gasteiger partial charge >= 0.3 is 0 Å².